The van der Waals surface area contributed by atoms with Crippen LogP contribution in [0.2, 0.25) is 0 Å². The lowest BCUT2D eigenvalue weighted by molar-refractivity contribution is -0.117. The van der Waals surface area contributed by atoms with Gasteiger partial charge >= 0.3 is 0 Å². The summed E-state index contributed by atoms with van der Waals surface area (Å²) < 4.78 is 29.2. The van der Waals surface area contributed by atoms with Crippen LogP contribution in [0.3, 0.4) is 0 Å². The van der Waals surface area contributed by atoms with Crippen LogP contribution in [0.4, 0.5) is 0 Å². The fourth-order valence-electron chi connectivity index (χ4n) is 0.892. The summed E-state index contributed by atoms with van der Waals surface area (Å²) in [7, 11) is -4.01. The lowest BCUT2D eigenvalue weighted by atomic mass is 10.0. The molecule has 0 rings (SSSR count). The maximum Gasteiger partial charge on any atom is 0.270 e. The molecule has 0 saturated heterocycles. The smallest absolute Gasteiger partial charge is 0.270 e. The Kier molecular flexibility index (Phi) is 4.06. The van der Waals surface area contributed by atoms with E-state index in [0.29, 0.717) is 19.3 Å². The van der Waals surface area contributed by atoms with Crippen LogP contribution in [0.5, 0.6) is 0 Å². The van der Waals surface area contributed by atoms with Crippen molar-refractivity contribution in [1.82, 2.24) is 0 Å². The Hall–Kier alpha value is -0.420. The minimum absolute atomic E-state index is 0.0335. The summed E-state index contributed by atoms with van der Waals surface area (Å²) in [5.41, 5.74) is 0. The fraction of sp³-hybridized carbons (Fsp3) is 0.875. The third-order valence-corrected chi connectivity index (χ3v) is 3.61. The van der Waals surface area contributed by atoms with Crippen LogP contribution in [-0.4, -0.2) is 23.5 Å². The van der Waals surface area contributed by atoms with E-state index in [2.05, 4.69) is 0 Å². The molecule has 0 aliphatic carbocycles. The summed E-state index contributed by atoms with van der Waals surface area (Å²) in [4.78, 5) is 10.6. The first-order chi connectivity index (χ1) is 5.67. The first-order valence-corrected chi connectivity index (χ1v) is 5.57. The number of rotatable bonds is 5. The topological polar surface area (TPSA) is 71.4 Å². The highest BCUT2D eigenvalue weighted by Gasteiger charge is 2.31. The number of hydrogen-bond acceptors (Lipinski definition) is 3. The summed E-state index contributed by atoms with van der Waals surface area (Å²) in [5, 5.41) is 0. The number of hydrogen-bond donors (Lipinski definition) is 1. The molecular weight excluding hydrogens is 192 g/mol. The van der Waals surface area contributed by atoms with Crippen LogP contribution in [0.1, 0.15) is 40.0 Å². The van der Waals surface area contributed by atoms with Gasteiger partial charge < -0.3 is 4.79 Å². The van der Waals surface area contributed by atoms with Crippen molar-refractivity contribution in [2.45, 2.75) is 44.8 Å². The predicted octanol–water partition coefficient (Wildman–Crippen LogP) is 1.41. The van der Waals surface area contributed by atoms with Crippen molar-refractivity contribution >= 4 is 15.9 Å². The van der Waals surface area contributed by atoms with Crippen molar-refractivity contribution in [3.63, 3.8) is 0 Å². The van der Waals surface area contributed by atoms with E-state index in [9.17, 15) is 13.2 Å². The first-order valence-electron chi connectivity index (χ1n) is 4.13. The SMILES string of the molecule is CC(=O)CCCC(C)(C)S(=O)(=O)O. The van der Waals surface area contributed by atoms with E-state index in [1.54, 1.807) is 0 Å². The first kappa shape index (κ1) is 12.6. The van der Waals surface area contributed by atoms with Gasteiger partial charge in [0.1, 0.15) is 5.78 Å². The van der Waals surface area contributed by atoms with Gasteiger partial charge in [0.05, 0.1) is 4.75 Å². The maximum atomic E-state index is 10.8. The number of ketones is 1. The van der Waals surface area contributed by atoms with Gasteiger partial charge in [-0.2, -0.15) is 8.42 Å². The molecule has 0 spiro atoms. The molecule has 0 radical (unpaired) electrons. The normalized spacial score (nSPS) is 12.9. The minimum Gasteiger partial charge on any atom is -0.300 e. The highest BCUT2D eigenvalue weighted by Crippen LogP contribution is 2.21. The highest BCUT2D eigenvalue weighted by atomic mass is 32.2. The standard InChI is InChI=1S/C8H16O4S/c1-7(9)5-4-6-8(2,3)13(10,11)12/h4-6H2,1-3H3,(H,10,11,12). The Bertz CT molecular complexity index is 277. The summed E-state index contributed by atoms with van der Waals surface area (Å²) in [6.07, 6.45) is 1.15. The second-order valence-electron chi connectivity index (χ2n) is 3.79. The van der Waals surface area contributed by atoms with E-state index >= 15 is 0 Å². The molecule has 0 unspecified atom stereocenters. The Balaban J connectivity index is 4.13. The molecule has 0 atom stereocenters. The highest BCUT2D eigenvalue weighted by molar-refractivity contribution is 7.87. The Morgan fingerprint density at radius 3 is 2.15 bits per heavy atom. The van der Waals surface area contributed by atoms with Crippen molar-refractivity contribution in [1.29, 1.82) is 0 Å². The van der Waals surface area contributed by atoms with Crippen molar-refractivity contribution in [3.05, 3.63) is 0 Å². The molecule has 0 aliphatic rings. The molecule has 0 aliphatic heterocycles. The molecule has 0 bridgehead atoms. The number of carbonyl (C=O) groups excluding carboxylic acids is 1. The molecule has 4 nitrogen and oxygen atoms in total. The van der Waals surface area contributed by atoms with Crippen LogP contribution < -0.4 is 0 Å². The summed E-state index contributed by atoms with van der Waals surface area (Å²) in [6, 6.07) is 0. The van der Waals surface area contributed by atoms with Gasteiger partial charge in [0, 0.05) is 6.42 Å². The molecule has 1 N–H and O–H groups in total. The van der Waals surface area contributed by atoms with E-state index in [4.69, 9.17) is 4.55 Å². The van der Waals surface area contributed by atoms with Gasteiger partial charge in [-0.15, -0.1) is 0 Å². The lowest BCUT2D eigenvalue weighted by Crippen LogP contribution is -2.31. The molecular formula is C8H16O4S. The molecule has 0 aromatic rings. The van der Waals surface area contributed by atoms with Gasteiger partial charge in [-0.25, -0.2) is 0 Å². The van der Waals surface area contributed by atoms with Gasteiger partial charge in [-0.1, -0.05) is 0 Å². The Labute approximate surface area is 79.1 Å². The summed E-state index contributed by atoms with van der Waals surface area (Å²) in [6.45, 7) is 4.35. The predicted molar refractivity (Wildman–Crippen MR) is 50.2 cm³/mol. The molecule has 0 saturated carbocycles. The van der Waals surface area contributed by atoms with Crippen molar-refractivity contribution in [2.75, 3.05) is 0 Å². The molecule has 78 valence electrons. The minimum atomic E-state index is -4.01. The van der Waals surface area contributed by atoms with Crippen molar-refractivity contribution in [2.24, 2.45) is 0 Å². The molecule has 0 amide bonds. The van der Waals surface area contributed by atoms with E-state index in [-0.39, 0.29) is 5.78 Å². The Morgan fingerprint density at radius 1 is 1.38 bits per heavy atom. The third kappa shape index (κ3) is 4.38. The zero-order valence-electron chi connectivity index (χ0n) is 8.20. The largest absolute Gasteiger partial charge is 0.300 e. The van der Waals surface area contributed by atoms with Crippen LogP contribution in [0.25, 0.3) is 0 Å². The van der Waals surface area contributed by atoms with E-state index < -0.39 is 14.9 Å². The molecule has 13 heavy (non-hydrogen) atoms. The van der Waals surface area contributed by atoms with Crippen LogP contribution in [-0.2, 0) is 14.9 Å². The zero-order chi connectivity index (χ0) is 10.7. The quantitative estimate of drug-likeness (QED) is 0.693. The van der Waals surface area contributed by atoms with E-state index in [0.717, 1.165) is 0 Å². The molecule has 0 heterocycles. The van der Waals surface area contributed by atoms with Crippen molar-refractivity contribution in [3.8, 4) is 0 Å². The van der Waals surface area contributed by atoms with Gasteiger partial charge in [0.2, 0.25) is 0 Å². The van der Waals surface area contributed by atoms with Crippen LogP contribution in [0, 0.1) is 0 Å². The van der Waals surface area contributed by atoms with Gasteiger partial charge in [-0.05, 0) is 33.6 Å². The van der Waals surface area contributed by atoms with E-state index in [1.807, 2.05) is 0 Å². The molecule has 0 aromatic carbocycles. The lowest BCUT2D eigenvalue weighted by Gasteiger charge is -2.19. The number of Topliss-reactive ketones (excluding diaryl/α,β-unsaturated/α-hetero) is 1. The second-order valence-corrected chi connectivity index (χ2v) is 5.85. The number of carbonyl (C=O) groups is 1. The maximum absolute atomic E-state index is 10.8. The van der Waals surface area contributed by atoms with Gasteiger partial charge in [-0.3, -0.25) is 4.55 Å². The monoisotopic (exact) mass is 208 g/mol. The van der Waals surface area contributed by atoms with Gasteiger partial charge in [0.25, 0.3) is 10.1 Å². The molecule has 0 aromatic heterocycles. The summed E-state index contributed by atoms with van der Waals surface area (Å²) >= 11 is 0. The zero-order valence-corrected chi connectivity index (χ0v) is 9.02. The molecule has 5 heteroatoms. The summed E-state index contributed by atoms with van der Waals surface area (Å²) in [5.74, 6) is 0.0335. The van der Waals surface area contributed by atoms with Crippen LogP contribution in [0.15, 0.2) is 0 Å². The van der Waals surface area contributed by atoms with Gasteiger partial charge in [0.15, 0.2) is 0 Å². The van der Waals surface area contributed by atoms with E-state index in [1.165, 1.54) is 20.8 Å². The average Bonchev–Trinajstić information content (AvgIpc) is 1.82. The Morgan fingerprint density at radius 2 is 1.85 bits per heavy atom. The van der Waals surface area contributed by atoms with Crippen LogP contribution >= 0.6 is 0 Å². The van der Waals surface area contributed by atoms with Crippen molar-refractivity contribution < 1.29 is 17.8 Å². The molecule has 0 fully saturated rings. The fourth-order valence-corrected chi connectivity index (χ4v) is 1.29. The third-order valence-electron chi connectivity index (χ3n) is 2.01. The second kappa shape index (κ2) is 4.19. The average molecular weight is 208 g/mol.